The van der Waals surface area contributed by atoms with E-state index in [9.17, 15) is 19.5 Å². The van der Waals surface area contributed by atoms with Crippen LogP contribution < -0.4 is 4.74 Å². The summed E-state index contributed by atoms with van der Waals surface area (Å²) in [5, 5.41) is 9.99. The highest BCUT2D eigenvalue weighted by Crippen LogP contribution is 2.35. The van der Waals surface area contributed by atoms with Crippen LogP contribution >= 0.6 is 0 Å². The molecule has 0 aromatic heterocycles. The number of ether oxygens (including phenoxy) is 2. The molecule has 0 radical (unpaired) electrons. The summed E-state index contributed by atoms with van der Waals surface area (Å²) in [6.45, 7) is 2.00. The molecule has 1 aliphatic rings. The van der Waals surface area contributed by atoms with Crippen molar-refractivity contribution in [3.05, 3.63) is 58.1 Å². The van der Waals surface area contributed by atoms with Gasteiger partial charge in [-0.3, -0.25) is 14.4 Å². The van der Waals surface area contributed by atoms with Crippen molar-refractivity contribution < 1.29 is 29.0 Å². The molecule has 1 N–H and O–H groups in total. The van der Waals surface area contributed by atoms with Gasteiger partial charge in [0.05, 0.1) is 19.3 Å². The lowest BCUT2D eigenvalue weighted by Crippen LogP contribution is -2.22. The number of carbonyl (C=O) groups excluding carboxylic acids is 3. The highest BCUT2D eigenvalue weighted by molar-refractivity contribution is 6.29. The van der Waals surface area contributed by atoms with Gasteiger partial charge in [0.1, 0.15) is 11.5 Å². The van der Waals surface area contributed by atoms with Crippen molar-refractivity contribution in [1.82, 2.24) is 0 Å². The number of carbonyl (C=O) groups is 3. The molecule has 0 bridgehead atoms. The Labute approximate surface area is 150 Å². The van der Waals surface area contributed by atoms with Crippen molar-refractivity contribution in [1.29, 1.82) is 0 Å². The molecule has 2 aromatic carbocycles. The molecular weight excluding hydrogens is 336 g/mol. The maximum Gasteiger partial charge on any atom is 0.305 e. The number of aryl methyl sites for hydroxylation is 1. The van der Waals surface area contributed by atoms with Gasteiger partial charge in [-0.15, -0.1) is 0 Å². The van der Waals surface area contributed by atoms with Crippen LogP contribution in [0.25, 0.3) is 0 Å². The van der Waals surface area contributed by atoms with E-state index in [4.69, 9.17) is 4.74 Å². The zero-order valence-corrected chi connectivity index (χ0v) is 14.5. The number of fused-ring (bicyclic) bond motifs is 2. The molecule has 134 valence electrons. The Morgan fingerprint density at radius 2 is 1.85 bits per heavy atom. The van der Waals surface area contributed by atoms with E-state index in [2.05, 4.69) is 4.74 Å². The van der Waals surface area contributed by atoms with Crippen LogP contribution in [0.15, 0.2) is 30.3 Å². The number of esters is 1. The lowest BCUT2D eigenvalue weighted by Gasteiger charge is -2.21. The van der Waals surface area contributed by atoms with Crippen LogP contribution in [0, 0.1) is 6.92 Å². The molecule has 2 aromatic rings. The molecule has 6 heteroatoms. The lowest BCUT2D eigenvalue weighted by molar-refractivity contribution is -0.140. The molecule has 26 heavy (non-hydrogen) atoms. The summed E-state index contributed by atoms with van der Waals surface area (Å²) in [7, 11) is 1.33. The molecule has 0 fully saturated rings. The highest BCUT2D eigenvalue weighted by atomic mass is 16.5. The first kappa shape index (κ1) is 17.7. The van der Waals surface area contributed by atoms with Crippen molar-refractivity contribution in [3.8, 4) is 11.5 Å². The fourth-order valence-electron chi connectivity index (χ4n) is 3.06. The molecule has 0 saturated carbocycles. The third-order valence-electron chi connectivity index (χ3n) is 4.32. The highest BCUT2D eigenvalue weighted by Gasteiger charge is 2.33. The molecule has 0 aliphatic heterocycles. The van der Waals surface area contributed by atoms with Crippen molar-refractivity contribution in [2.75, 3.05) is 13.7 Å². The Bertz CT molecular complexity index is 913. The molecular formula is C20H18O6. The standard InChI is InChI=1S/C20H18O6/c1-11-9-12(26-8-4-7-16(22)25-2)10-14-17(11)20(24)18-13(19(14)23)5-3-6-15(18)21/h3,5-6,9-10,21H,4,7-8H2,1-2H3. The van der Waals surface area contributed by atoms with Crippen LogP contribution in [0.5, 0.6) is 11.5 Å². The van der Waals surface area contributed by atoms with Gasteiger partial charge in [0.25, 0.3) is 0 Å². The number of hydrogen-bond acceptors (Lipinski definition) is 6. The Balaban J connectivity index is 1.89. The molecule has 0 spiro atoms. The van der Waals surface area contributed by atoms with Crippen molar-refractivity contribution in [2.45, 2.75) is 19.8 Å². The van der Waals surface area contributed by atoms with E-state index in [0.717, 1.165) is 0 Å². The smallest absolute Gasteiger partial charge is 0.305 e. The second-order valence-electron chi connectivity index (χ2n) is 6.05. The molecule has 0 heterocycles. The Morgan fingerprint density at radius 1 is 1.08 bits per heavy atom. The van der Waals surface area contributed by atoms with Crippen LogP contribution in [-0.2, 0) is 9.53 Å². The first-order valence-corrected chi connectivity index (χ1v) is 8.19. The number of ketones is 2. The fraction of sp³-hybridized carbons (Fsp3) is 0.250. The minimum atomic E-state index is -0.373. The summed E-state index contributed by atoms with van der Waals surface area (Å²) in [4.78, 5) is 36.7. The number of benzene rings is 2. The van der Waals surface area contributed by atoms with Gasteiger partial charge in [0.15, 0.2) is 11.6 Å². The number of methoxy groups -OCH3 is 1. The normalized spacial score (nSPS) is 12.4. The fourth-order valence-corrected chi connectivity index (χ4v) is 3.06. The Hall–Kier alpha value is -3.15. The van der Waals surface area contributed by atoms with Crippen molar-refractivity contribution in [3.63, 3.8) is 0 Å². The van der Waals surface area contributed by atoms with E-state index >= 15 is 0 Å². The summed E-state index contributed by atoms with van der Waals surface area (Å²) in [5.41, 5.74) is 1.37. The summed E-state index contributed by atoms with van der Waals surface area (Å²) in [5.74, 6) is -0.756. The van der Waals surface area contributed by atoms with E-state index in [-0.39, 0.29) is 58.6 Å². The molecule has 0 atom stereocenters. The number of phenols is 1. The third kappa shape index (κ3) is 3.06. The predicted octanol–water partition coefficient (Wildman–Crippen LogP) is 2.81. The first-order valence-electron chi connectivity index (χ1n) is 8.19. The monoisotopic (exact) mass is 354 g/mol. The number of aromatic hydroxyl groups is 1. The SMILES string of the molecule is COC(=O)CCCOc1cc(C)c2c(c1)C(=O)c1cccc(O)c1C2=O. The van der Waals surface area contributed by atoms with E-state index in [1.165, 1.54) is 31.4 Å². The van der Waals surface area contributed by atoms with Gasteiger partial charge in [-0.1, -0.05) is 12.1 Å². The van der Waals surface area contributed by atoms with E-state index in [0.29, 0.717) is 17.7 Å². The molecule has 1 aliphatic carbocycles. The lowest BCUT2D eigenvalue weighted by atomic mass is 9.81. The number of hydrogen-bond donors (Lipinski definition) is 1. The third-order valence-corrected chi connectivity index (χ3v) is 4.32. The molecule has 0 amide bonds. The molecule has 3 rings (SSSR count). The predicted molar refractivity (Wildman–Crippen MR) is 92.9 cm³/mol. The second kappa shape index (κ2) is 7.00. The summed E-state index contributed by atoms with van der Waals surface area (Å²) >= 11 is 0. The first-order chi connectivity index (χ1) is 12.4. The maximum absolute atomic E-state index is 12.8. The zero-order valence-electron chi connectivity index (χ0n) is 14.5. The molecule has 0 saturated heterocycles. The van der Waals surface area contributed by atoms with Crippen LogP contribution in [0.4, 0.5) is 0 Å². The minimum Gasteiger partial charge on any atom is -0.507 e. The van der Waals surface area contributed by atoms with Crippen LogP contribution in [0.3, 0.4) is 0 Å². The summed E-state index contributed by atoms with van der Waals surface area (Å²) in [6.07, 6.45) is 0.719. The second-order valence-corrected chi connectivity index (χ2v) is 6.05. The largest absolute Gasteiger partial charge is 0.507 e. The van der Waals surface area contributed by atoms with Crippen molar-refractivity contribution >= 4 is 17.5 Å². The average Bonchev–Trinajstić information content (AvgIpc) is 2.62. The van der Waals surface area contributed by atoms with E-state index in [1.54, 1.807) is 13.0 Å². The van der Waals surface area contributed by atoms with E-state index < -0.39 is 0 Å². The van der Waals surface area contributed by atoms with Gasteiger partial charge in [-0.2, -0.15) is 0 Å². The van der Waals surface area contributed by atoms with Gasteiger partial charge in [0, 0.05) is 23.1 Å². The number of phenolic OH excluding ortho intramolecular Hbond substituents is 1. The minimum absolute atomic E-state index is 0.0415. The van der Waals surface area contributed by atoms with Gasteiger partial charge in [0.2, 0.25) is 0 Å². The topological polar surface area (TPSA) is 89.9 Å². The maximum atomic E-state index is 12.8. The average molecular weight is 354 g/mol. The van der Waals surface area contributed by atoms with Gasteiger partial charge in [-0.25, -0.2) is 0 Å². The van der Waals surface area contributed by atoms with Gasteiger partial charge < -0.3 is 14.6 Å². The van der Waals surface area contributed by atoms with Crippen LogP contribution in [-0.4, -0.2) is 36.4 Å². The van der Waals surface area contributed by atoms with Crippen LogP contribution in [0.2, 0.25) is 0 Å². The summed E-state index contributed by atoms with van der Waals surface area (Å²) < 4.78 is 10.2. The summed E-state index contributed by atoms with van der Waals surface area (Å²) in [6, 6.07) is 7.66. The van der Waals surface area contributed by atoms with E-state index in [1.807, 2.05) is 0 Å². The Kier molecular flexibility index (Phi) is 4.75. The zero-order chi connectivity index (χ0) is 18.8. The van der Waals surface area contributed by atoms with Crippen molar-refractivity contribution in [2.24, 2.45) is 0 Å². The number of rotatable bonds is 5. The van der Waals surface area contributed by atoms with Gasteiger partial charge in [-0.05, 0) is 37.1 Å². The van der Waals surface area contributed by atoms with Crippen LogP contribution in [0.1, 0.15) is 50.2 Å². The molecule has 6 nitrogen and oxygen atoms in total. The van der Waals surface area contributed by atoms with Gasteiger partial charge >= 0.3 is 5.97 Å². The Morgan fingerprint density at radius 3 is 2.58 bits per heavy atom. The molecule has 0 unspecified atom stereocenters. The quantitative estimate of drug-likeness (QED) is 0.560.